The van der Waals surface area contributed by atoms with Crippen LogP contribution in [0.4, 0.5) is 5.13 Å². The molecule has 10 heteroatoms. The molecule has 0 fully saturated rings. The molecule has 2 N–H and O–H groups in total. The van der Waals surface area contributed by atoms with Crippen LogP contribution in [0.5, 0.6) is 0 Å². The molecule has 0 spiro atoms. The SMILES string of the molecule is Cc1cccc(C(=O)NCc2nnc(SCC(=O)Nc3nccs3)n2-c2cccc(C)c2C)c1. The molecule has 2 aromatic heterocycles. The first-order chi connectivity index (χ1) is 16.4. The topological polar surface area (TPSA) is 102 Å². The number of carbonyl (C=O) groups excluding carboxylic acids is 2. The van der Waals surface area contributed by atoms with E-state index in [9.17, 15) is 9.59 Å². The molecule has 4 rings (SSSR count). The Labute approximate surface area is 205 Å². The minimum absolute atomic E-state index is 0.151. The van der Waals surface area contributed by atoms with Gasteiger partial charge in [-0.25, -0.2) is 4.98 Å². The molecular formula is C24H24N6O2S2. The molecule has 2 heterocycles. The molecule has 0 aliphatic carbocycles. The summed E-state index contributed by atoms with van der Waals surface area (Å²) in [6.45, 7) is 6.21. The van der Waals surface area contributed by atoms with Crippen LogP contribution in [0, 0.1) is 20.8 Å². The van der Waals surface area contributed by atoms with Gasteiger partial charge in [-0.1, -0.05) is 41.6 Å². The maximum atomic E-state index is 12.7. The maximum Gasteiger partial charge on any atom is 0.251 e. The Balaban J connectivity index is 1.56. The average Bonchev–Trinajstić information content (AvgIpc) is 3.47. The van der Waals surface area contributed by atoms with Crippen LogP contribution in [0.1, 0.15) is 32.9 Å². The van der Waals surface area contributed by atoms with Gasteiger partial charge < -0.3 is 10.6 Å². The van der Waals surface area contributed by atoms with Gasteiger partial charge in [0.15, 0.2) is 16.1 Å². The van der Waals surface area contributed by atoms with Crippen molar-refractivity contribution in [3.8, 4) is 5.69 Å². The van der Waals surface area contributed by atoms with Crippen molar-refractivity contribution in [2.24, 2.45) is 0 Å². The second-order valence-electron chi connectivity index (χ2n) is 7.68. The highest BCUT2D eigenvalue weighted by atomic mass is 32.2. The molecule has 8 nitrogen and oxygen atoms in total. The number of hydrogen-bond acceptors (Lipinski definition) is 7. The number of aromatic nitrogens is 4. The highest BCUT2D eigenvalue weighted by Crippen LogP contribution is 2.26. The van der Waals surface area contributed by atoms with Crippen LogP contribution in [0.2, 0.25) is 0 Å². The van der Waals surface area contributed by atoms with Crippen molar-refractivity contribution in [1.82, 2.24) is 25.1 Å². The van der Waals surface area contributed by atoms with Crippen molar-refractivity contribution in [1.29, 1.82) is 0 Å². The molecule has 0 aliphatic heterocycles. The normalized spacial score (nSPS) is 10.8. The fourth-order valence-corrected chi connectivity index (χ4v) is 4.66. The third-order valence-electron chi connectivity index (χ3n) is 5.22. The summed E-state index contributed by atoms with van der Waals surface area (Å²) in [5.74, 6) is 0.372. The van der Waals surface area contributed by atoms with Gasteiger partial charge in [-0.15, -0.1) is 21.5 Å². The molecule has 174 valence electrons. The minimum atomic E-state index is -0.184. The largest absolute Gasteiger partial charge is 0.345 e. The molecule has 0 saturated heterocycles. The van der Waals surface area contributed by atoms with Gasteiger partial charge in [-0.05, 0) is 50.1 Å². The van der Waals surface area contributed by atoms with Crippen LogP contribution < -0.4 is 10.6 Å². The summed E-state index contributed by atoms with van der Waals surface area (Å²) in [5, 5.41) is 17.3. The van der Waals surface area contributed by atoms with Crippen LogP contribution in [0.15, 0.2) is 59.2 Å². The first-order valence-electron chi connectivity index (χ1n) is 10.6. The lowest BCUT2D eigenvalue weighted by atomic mass is 10.1. The third kappa shape index (κ3) is 5.52. The molecule has 2 aromatic carbocycles. The number of carbonyl (C=O) groups is 2. The monoisotopic (exact) mass is 492 g/mol. The number of aryl methyl sites for hydroxylation is 2. The zero-order valence-electron chi connectivity index (χ0n) is 19.0. The Bertz CT molecular complexity index is 1320. The summed E-state index contributed by atoms with van der Waals surface area (Å²) in [4.78, 5) is 29.1. The van der Waals surface area contributed by atoms with Gasteiger partial charge >= 0.3 is 0 Å². The molecular weight excluding hydrogens is 468 g/mol. The van der Waals surface area contributed by atoms with Gasteiger partial charge in [0.05, 0.1) is 18.0 Å². The third-order valence-corrected chi connectivity index (χ3v) is 6.83. The standard InChI is InChI=1S/C24H24N6O2S2/c1-15-6-4-8-18(12-15)22(32)26-13-20-28-29-24(30(20)19-9-5-7-16(2)17(19)3)34-14-21(31)27-23-25-10-11-33-23/h4-12H,13-14H2,1-3H3,(H,26,32)(H,25,27,31). The lowest BCUT2D eigenvalue weighted by molar-refractivity contribution is -0.113. The number of benzene rings is 2. The number of hydrogen-bond donors (Lipinski definition) is 2. The molecule has 0 saturated carbocycles. The summed E-state index contributed by atoms with van der Waals surface area (Å²) < 4.78 is 1.90. The molecule has 0 atom stereocenters. The molecule has 0 aliphatic rings. The summed E-state index contributed by atoms with van der Waals surface area (Å²) in [6.07, 6.45) is 1.64. The summed E-state index contributed by atoms with van der Waals surface area (Å²) >= 11 is 2.64. The Morgan fingerprint density at radius 2 is 1.91 bits per heavy atom. The van der Waals surface area contributed by atoms with Crippen LogP contribution in [-0.2, 0) is 11.3 Å². The number of amides is 2. The van der Waals surface area contributed by atoms with Crippen LogP contribution in [-0.4, -0.2) is 37.3 Å². The van der Waals surface area contributed by atoms with E-state index in [4.69, 9.17) is 0 Å². The Kier molecular flexibility index (Phi) is 7.39. The lowest BCUT2D eigenvalue weighted by Crippen LogP contribution is -2.25. The van der Waals surface area contributed by atoms with Gasteiger partial charge in [-0.3, -0.25) is 14.2 Å². The number of rotatable bonds is 8. The number of nitrogens with zero attached hydrogens (tertiary/aromatic N) is 4. The van der Waals surface area contributed by atoms with Crippen molar-refractivity contribution < 1.29 is 9.59 Å². The predicted octanol–water partition coefficient (Wildman–Crippen LogP) is 4.31. The van der Waals surface area contributed by atoms with Gasteiger partial charge in [0.2, 0.25) is 5.91 Å². The quantitative estimate of drug-likeness (QED) is 0.356. The van der Waals surface area contributed by atoms with E-state index in [2.05, 4.69) is 25.8 Å². The van der Waals surface area contributed by atoms with Crippen LogP contribution >= 0.6 is 23.1 Å². The number of nitrogens with one attached hydrogen (secondary N) is 2. The molecule has 2 amide bonds. The van der Waals surface area contributed by atoms with Gasteiger partial charge in [0.1, 0.15) is 0 Å². The minimum Gasteiger partial charge on any atom is -0.345 e. The summed E-state index contributed by atoms with van der Waals surface area (Å²) in [6, 6.07) is 13.4. The Morgan fingerprint density at radius 1 is 1.09 bits per heavy atom. The number of anilines is 1. The Hall–Kier alpha value is -3.50. The predicted molar refractivity (Wildman–Crippen MR) is 135 cm³/mol. The first kappa shape index (κ1) is 23.7. The number of thioether (sulfide) groups is 1. The van der Waals surface area contributed by atoms with E-state index in [-0.39, 0.29) is 24.1 Å². The van der Waals surface area contributed by atoms with Gasteiger partial charge in [0.25, 0.3) is 5.91 Å². The zero-order valence-corrected chi connectivity index (χ0v) is 20.7. The molecule has 34 heavy (non-hydrogen) atoms. The van der Waals surface area contributed by atoms with Crippen LogP contribution in [0.25, 0.3) is 5.69 Å². The molecule has 0 unspecified atom stereocenters. The Morgan fingerprint density at radius 3 is 2.68 bits per heavy atom. The smallest absolute Gasteiger partial charge is 0.251 e. The lowest BCUT2D eigenvalue weighted by Gasteiger charge is -2.15. The average molecular weight is 493 g/mol. The van der Waals surface area contributed by atoms with E-state index in [1.807, 2.05) is 61.7 Å². The fourth-order valence-electron chi connectivity index (χ4n) is 3.35. The van der Waals surface area contributed by atoms with Gasteiger partial charge in [0, 0.05) is 17.1 Å². The van der Waals surface area contributed by atoms with Crippen molar-refractivity contribution >= 4 is 40.0 Å². The van der Waals surface area contributed by atoms with E-state index in [1.165, 1.54) is 23.1 Å². The van der Waals surface area contributed by atoms with E-state index in [0.29, 0.717) is 21.7 Å². The van der Waals surface area contributed by atoms with E-state index in [0.717, 1.165) is 22.4 Å². The zero-order chi connectivity index (χ0) is 24.1. The van der Waals surface area contributed by atoms with Crippen LogP contribution in [0.3, 0.4) is 0 Å². The second kappa shape index (κ2) is 10.6. The number of thiazole rings is 1. The highest BCUT2D eigenvalue weighted by Gasteiger charge is 2.19. The second-order valence-corrected chi connectivity index (χ2v) is 9.52. The first-order valence-corrected chi connectivity index (χ1v) is 12.5. The van der Waals surface area contributed by atoms with Crippen molar-refractivity contribution in [2.75, 3.05) is 11.1 Å². The summed E-state index contributed by atoms with van der Waals surface area (Å²) in [7, 11) is 0. The summed E-state index contributed by atoms with van der Waals surface area (Å²) in [5.41, 5.74) is 4.71. The van der Waals surface area contributed by atoms with Crippen molar-refractivity contribution in [3.63, 3.8) is 0 Å². The van der Waals surface area contributed by atoms with Crippen molar-refractivity contribution in [2.45, 2.75) is 32.5 Å². The molecule has 0 bridgehead atoms. The molecule has 4 aromatic rings. The van der Waals surface area contributed by atoms with Gasteiger partial charge in [-0.2, -0.15) is 0 Å². The highest BCUT2D eigenvalue weighted by molar-refractivity contribution is 7.99. The fraction of sp³-hybridized carbons (Fsp3) is 0.208. The maximum absolute atomic E-state index is 12.7. The van der Waals surface area contributed by atoms with Crippen molar-refractivity contribution in [3.05, 3.63) is 82.1 Å². The van der Waals surface area contributed by atoms with E-state index in [1.54, 1.807) is 17.6 Å². The molecule has 0 radical (unpaired) electrons. The van der Waals surface area contributed by atoms with E-state index < -0.39 is 0 Å². The van der Waals surface area contributed by atoms with E-state index >= 15 is 0 Å².